The minimum absolute atomic E-state index is 0.445. The Morgan fingerprint density at radius 3 is 2.67 bits per heavy atom. The average Bonchev–Trinajstić information content (AvgIpc) is 3.24. The summed E-state index contributed by atoms with van der Waals surface area (Å²) in [4.78, 5) is 8.51. The molecule has 1 aromatic heterocycles. The number of rotatable bonds is 5. The molecule has 128 valence electrons. The van der Waals surface area contributed by atoms with E-state index in [1.165, 1.54) is 11.1 Å². The van der Waals surface area contributed by atoms with E-state index < -0.39 is 0 Å². The average molecular weight is 326 g/mol. The number of aromatic nitrogens is 3. The highest BCUT2D eigenvalue weighted by Gasteiger charge is 2.38. The van der Waals surface area contributed by atoms with Crippen LogP contribution in [0.4, 0.5) is 0 Å². The molecule has 0 bridgehead atoms. The van der Waals surface area contributed by atoms with Crippen LogP contribution in [0, 0.1) is 0 Å². The third-order valence-corrected chi connectivity index (χ3v) is 4.59. The highest BCUT2D eigenvalue weighted by atomic mass is 15.3. The van der Waals surface area contributed by atoms with Gasteiger partial charge in [0.15, 0.2) is 5.96 Å². The fourth-order valence-electron chi connectivity index (χ4n) is 2.86. The van der Waals surface area contributed by atoms with E-state index in [1.54, 1.807) is 18.1 Å². The molecule has 2 atom stereocenters. The van der Waals surface area contributed by atoms with Crippen molar-refractivity contribution in [2.75, 3.05) is 7.05 Å². The molecular formula is C18H26N6. The van der Waals surface area contributed by atoms with Crippen molar-refractivity contribution in [3.8, 4) is 0 Å². The van der Waals surface area contributed by atoms with Gasteiger partial charge in [-0.3, -0.25) is 9.67 Å². The molecule has 0 aliphatic heterocycles. The Bertz CT molecular complexity index is 701. The van der Waals surface area contributed by atoms with E-state index in [0.29, 0.717) is 24.4 Å². The first-order valence-electron chi connectivity index (χ1n) is 8.48. The Kier molecular flexibility index (Phi) is 4.83. The van der Waals surface area contributed by atoms with Crippen LogP contribution in [0.25, 0.3) is 0 Å². The summed E-state index contributed by atoms with van der Waals surface area (Å²) in [5.74, 6) is 2.84. The molecule has 6 nitrogen and oxygen atoms in total. The molecule has 1 saturated carbocycles. The van der Waals surface area contributed by atoms with Gasteiger partial charge < -0.3 is 10.6 Å². The highest BCUT2D eigenvalue weighted by molar-refractivity contribution is 5.80. The van der Waals surface area contributed by atoms with Gasteiger partial charge >= 0.3 is 0 Å². The summed E-state index contributed by atoms with van der Waals surface area (Å²) in [6.07, 6.45) is 2.70. The number of hydrogen-bond donors (Lipinski definition) is 2. The molecule has 0 saturated heterocycles. The minimum atomic E-state index is 0.445. The topological polar surface area (TPSA) is 67.1 Å². The zero-order valence-electron chi connectivity index (χ0n) is 14.8. The lowest BCUT2D eigenvalue weighted by Crippen LogP contribution is -2.39. The summed E-state index contributed by atoms with van der Waals surface area (Å²) < 4.78 is 1.76. The van der Waals surface area contributed by atoms with E-state index in [9.17, 15) is 0 Å². The van der Waals surface area contributed by atoms with Gasteiger partial charge in [-0.15, -0.1) is 0 Å². The van der Waals surface area contributed by atoms with E-state index in [1.807, 2.05) is 7.05 Å². The first-order chi connectivity index (χ1) is 11.6. The maximum atomic E-state index is 4.30. The fraction of sp³-hybridized carbons (Fsp3) is 0.500. The fourth-order valence-corrected chi connectivity index (χ4v) is 2.86. The lowest BCUT2D eigenvalue weighted by Gasteiger charge is -2.12. The normalized spacial score (nSPS) is 20.3. The third-order valence-electron chi connectivity index (χ3n) is 4.59. The molecule has 0 radical (unpaired) electrons. The first kappa shape index (κ1) is 16.5. The van der Waals surface area contributed by atoms with Crippen molar-refractivity contribution in [2.24, 2.45) is 12.0 Å². The molecule has 1 heterocycles. The standard InChI is InChI=1S/C18H26N6/c1-12(2)13-5-7-14(8-6-13)15-9-16(15)23-18(19-3)20-10-17-21-11-22-24(17)4/h5-8,11-12,15-16H,9-10H2,1-4H3,(H2,19,20,23). The van der Waals surface area contributed by atoms with Crippen molar-refractivity contribution in [3.63, 3.8) is 0 Å². The number of aliphatic imine (C=N–C) groups is 1. The summed E-state index contributed by atoms with van der Waals surface area (Å²) in [6.45, 7) is 5.06. The maximum Gasteiger partial charge on any atom is 0.191 e. The number of hydrogen-bond acceptors (Lipinski definition) is 3. The van der Waals surface area contributed by atoms with Crippen molar-refractivity contribution in [1.82, 2.24) is 25.4 Å². The van der Waals surface area contributed by atoms with Crippen LogP contribution in [0.15, 0.2) is 35.6 Å². The van der Waals surface area contributed by atoms with Gasteiger partial charge in [-0.05, 0) is 23.5 Å². The molecule has 1 aliphatic rings. The second kappa shape index (κ2) is 7.03. The Labute approximate surface area is 143 Å². The van der Waals surface area contributed by atoms with Crippen molar-refractivity contribution in [3.05, 3.63) is 47.5 Å². The Hall–Kier alpha value is -2.37. The van der Waals surface area contributed by atoms with Crippen molar-refractivity contribution >= 4 is 5.96 Å². The molecule has 2 aromatic rings. The van der Waals surface area contributed by atoms with E-state index >= 15 is 0 Å². The SMILES string of the molecule is CN=C(NCc1ncnn1C)NC1CC1c1ccc(C(C)C)cc1. The molecular weight excluding hydrogens is 300 g/mol. The van der Waals surface area contributed by atoms with Crippen LogP contribution in [-0.2, 0) is 13.6 Å². The van der Waals surface area contributed by atoms with Crippen molar-refractivity contribution < 1.29 is 0 Å². The Morgan fingerprint density at radius 2 is 2.08 bits per heavy atom. The molecule has 1 aliphatic carbocycles. The summed E-state index contributed by atoms with van der Waals surface area (Å²) in [6, 6.07) is 9.46. The van der Waals surface area contributed by atoms with Crippen molar-refractivity contribution in [2.45, 2.75) is 44.7 Å². The van der Waals surface area contributed by atoms with Gasteiger partial charge in [-0.1, -0.05) is 38.1 Å². The number of guanidine groups is 1. The molecule has 2 unspecified atom stereocenters. The Morgan fingerprint density at radius 1 is 1.33 bits per heavy atom. The van der Waals surface area contributed by atoms with E-state index in [-0.39, 0.29) is 0 Å². The maximum absolute atomic E-state index is 4.30. The van der Waals surface area contributed by atoms with Crippen LogP contribution >= 0.6 is 0 Å². The highest BCUT2D eigenvalue weighted by Crippen LogP contribution is 2.41. The van der Waals surface area contributed by atoms with Gasteiger partial charge in [0.05, 0.1) is 6.54 Å². The first-order valence-corrected chi connectivity index (χ1v) is 8.48. The quantitative estimate of drug-likeness (QED) is 0.653. The van der Waals surface area contributed by atoms with E-state index in [4.69, 9.17) is 0 Å². The molecule has 0 spiro atoms. The molecule has 0 amide bonds. The van der Waals surface area contributed by atoms with Gasteiger partial charge in [0, 0.05) is 26.1 Å². The number of nitrogens with one attached hydrogen (secondary N) is 2. The lowest BCUT2D eigenvalue weighted by molar-refractivity contribution is 0.671. The largest absolute Gasteiger partial charge is 0.353 e. The van der Waals surface area contributed by atoms with Crippen LogP contribution in [0.1, 0.15) is 49.1 Å². The third kappa shape index (κ3) is 3.75. The molecule has 24 heavy (non-hydrogen) atoms. The van der Waals surface area contributed by atoms with Gasteiger partial charge in [-0.25, -0.2) is 4.98 Å². The Balaban J connectivity index is 1.52. The predicted molar refractivity (Wildman–Crippen MR) is 96.0 cm³/mol. The van der Waals surface area contributed by atoms with Crippen LogP contribution < -0.4 is 10.6 Å². The second-order valence-corrected chi connectivity index (χ2v) is 6.64. The van der Waals surface area contributed by atoms with Gasteiger partial charge in [0.2, 0.25) is 0 Å². The summed E-state index contributed by atoms with van der Waals surface area (Å²) in [5.41, 5.74) is 2.80. The zero-order chi connectivity index (χ0) is 17.1. The molecule has 3 rings (SSSR count). The zero-order valence-corrected chi connectivity index (χ0v) is 14.8. The molecule has 1 aromatic carbocycles. The van der Waals surface area contributed by atoms with Crippen LogP contribution in [0.2, 0.25) is 0 Å². The minimum Gasteiger partial charge on any atom is -0.353 e. The smallest absolute Gasteiger partial charge is 0.191 e. The summed E-state index contributed by atoms with van der Waals surface area (Å²) >= 11 is 0. The van der Waals surface area contributed by atoms with Gasteiger partial charge in [0.25, 0.3) is 0 Å². The summed E-state index contributed by atoms with van der Waals surface area (Å²) in [7, 11) is 3.68. The monoisotopic (exact) mass is 326 g/mol. The van der Waals surface area contributed by atoms with Crippen molar-refractivity contribution in [1.29, 1.82) is 0 Å². The van der Waals surface area contributed by atoms with Crippen LogP contribution in [0.3, 0.4) is 0 Å². The molecule has 6 heteroatoms. The predicted octanol–water partition coefficient (Wildman–Crippen LogP) is 2.16. The summed E-state index contributed by atoms with van der Waals surface area (Å²) in [5, 5.41) is 10.9. The van der Waals surface area contributed by atoms with E-state index in [2.05, 4.69) is 63.8 Å². The number of benzene rings is 1. The number of aryl methyl sites for hydroxylation is 1. The number of nitrogens with zero attached hydrogens (tertiary/aromatic N) is 4. The lowest BCUT2D eigenvalue weighted by atomic mass is 10.0. The van der Waals surface area contributed by atoms with Gasteiger partial charge in [-0.2, -0.15) is 5.10 Å². The molecule has 2 N–H and O–H groups in total. The van der Waals surface area contributed by atoms with Crippen LogP contribution in [-0.4, -0.2) is 33.8 Å². The molecule has 1 fully saturated rings. The second-order valence-electron chi connectivity index (χ2n) is 6.64. The van der Waals surface area contributed by atoms with Gasteiger partial charge in [0.1, 0.15) is 12.2 Å². The van der Waals surface area contributed by atoms with Crippen LogP contribution in [0.5, 0.6) is 0 Å². The van der Waals surface area contributed by atoms with E-state index in [0.717, 1.165) is 18.2 Å².